The third-order valence-corrected chi connectivity index (χ3v) is 3.69. The molecule has 0 unspecified atom stereocenters. The summed E-state index contributed by atoms with van der Waals surface area (Å²) in [6, 6.07) is 9.82. The van der Waals surface area contributed by atoms with Gasteiger partial charge in [-0.15, -0.1) is 0 Å². The van der Waals surface area contributed by atoms with E-state index >= 15 is 0 Å². The van der Waals surface area contributed by atoms with Crippen molar-refractivity contribution in [3.8, 4) is 0 Å². The minimum atomic E-state index is 0.397. The Kier molecular flexibility index (Phi) is 3.81. The highest BCUT2D eigenvalue weighted by atomic mass is 79.9. The number of nitrogens with one attached hydrogen (secondary N) is 1. The van der Waals surface area contributed by atoms with Crippen LogP contribution in [0.1, 0.15) is 16.8 Å². The molecule has 1 aliphatic rings. The molecule has 0 aliphatic carbocycles. The molecule has 21 heavy (non-hydrogen) atoms. The molecule has 0 saturated carbocycles. The van der Waals surface area contributed by atoms with Gasteiger partial charge in [0, 0.05) is 16.2 Å². The van der Waals surface area contributed by atoms with Gasteiger partial charge in [-0.2, -0.15) is 0 Å². The van der Waals surface area contributed by atoms with Crippen molar-refractivity contribution >= 4 is 33.2 Å². The molecule has 0 atom stereocenters. The summed E-state index contributed by atoms with van der Waals surface area (Å²) in [7, 11) is 0. The number of nitrogens with zero attached hydrogens (tertiary/aromatic N) is 3. The Morgan fingerprint density at radius 2 is 2.14 bits per heavy atom. The van der Waals surface area contributed by atoms with Crippen LogP contribution in [-0.4, -0.2) is 23.1 Å². The van der Waals surface area contributed by atoms with E-state index in [0.29, 0.717) is 12.4 Å². The third kappa shape index (κ3) is 2.72. The first kappa shape index (κ1) is 13.9. The Balaban J connectivity index is 2.25. The number of halogens is 1. The second-order valence-corrected chi connectivity index (χ2v) is 5.62. The maximum Gasteiger partial charge on any atom is 0.138 e. The lowest BCUT2D eigenvalue weighted by Gasteiger charge is -2.10. The summed E-state index contributed by atoms with van der Waals surface area (Å²) in [4.78, 5) is 13.6. The number of nitrogens with two attached hydrogens (primary N) is 1. The number of hydrogen-bond donors (Lipinski definition) is 2. The fourth-order valence-corrected chi connectivity index (χ4v) is 2.85. The standard InChI is InChI=1S/C15H14BrN5/c1-9-6-10(16)7-11-14(9)20-13(21-17)8-19-15(11)12-4-2-3-5-18-12/h2-7H,8,17H2,1H3,(H,20,21). The largest absolute Gasteiger partial charge is 0.310 e. The van der Waals surface area contributed by atoms with E-state index in [4.69, 9.17) is 5.84 Å². The molecule has 2 aromatic rings. The number of aromatic nitrogens is 1. The van der Waals surface area contributed by atoms with Crippen LogP contribution < -0.4 is 11.3 Å². The third-order valence-electron chi connectivity index (χ3n) is 3.23. The molecule has 0 spiro atoms. The molecule has 1 aromatic carbocycles. The van der Waals surface area contributed by atoms with Gasteiger partial charge in [0.2, 0.25) is 0 Å². The number of amidine groups is 1. The van der Waals surface area contributed by atoms with Crippen molar-refractivity contribution in [3.05, 3.63) is 57.8 Å². The number of aryl methyl sites for hydroxylation is 1. The summed E-state index contributed by atoms with van der Waals surface area (Å²) in [5.41, 5.74) is 7.13. The summed E-state index contributed by atoms with van der Waals surface area (Å²) < 4.78 is 0.988. The van der Waals surface area contributed by atoms with Gasteiger partial charge in [0.05, 0.1) is 23.6 Å². The topological polar surface area (TPSA) is 75.7 Å². The number of rotatable bonds is 1. The minimum absolute atomic E-state index is 0.397. The van der Waals surface area contributed by atoms with E-state index in [1.165, 1.54) is 0 Å². The molecule has 0 saturated heterocycles. The Bertz CT molecular complexity index is 737. The average Bonchev–Trinajstić information content (AvgIpc) is 2.67. The number of fused-ring (bicyclic) bond motifs is 1. The van der Waals surface area contributed by atoms with Crippen LogP contribution in [0.4, 0.5) is 5.69 Å². The molecular formula is C15H14BrN5. The van der Waals surface area contributed by atoms with Crippen LogP contribution >= 0.6 is 15.9 Å². The van der Waals surface area contributed by atoms with Crippen molar-refractivity contribution in [1.29, 1.82) is 0 Å². The van der Waals surface area contributed by atoms with Crippen LogP contribution in [0.5, 0.6) is 0 Å². The number of benzene rings is 1. The van der Waals surface area contributed by atoms with Crippen LogP contribution in [-0.2, 0) is 0 Å². The van der Waals surface area contributed by atoms with Crippen molar-refractivity contribution in [2.75, 3.05) is 6.54 Å². The molecule has 6 heteroatoms. The first-order valence-corrected chi connectivity index (χ1v) is 7.29. The van der Waals surface area contributed by atoms with Gasteiger partial charge in [-0.05, 0) is 36.8 Å². The fourth-order valence-electron chi connectivity index (χ4n) is 2.27. The molecule has 0 bridgehead atoms. The van der Waals surface area contributed by atoms with E-state index in [0.717, 1.165) is 32.7 Å². The van der Waals surface area contributed by atoms with Gasteiger partial charge in [-0.3, -0.25) is 9.98 Å². The predicted octanol–water partition coefficient (Wildman–Crippen LogP) is 2.50. The van der Waals surface area contributed by atoms with Gasteiger partial charge in [-0.25, -0.2) is 10.8 Å². The molecule has 1 aromatic heterocycles. The number of pyridine rings is 1. The highest BCUT2D eigenvalue weighted by Crippen LogP contribution is 2.31. The molecule has 3 N–H and O–H groups in total. The molecule has 3 rings (SSSR count). The van der Waals surface area contributed by atoms with Crippen LogP contribution in [0.15, 0.2) is 51.0 Å². The summed E-state index contributed by atoms with van der Waals surface area (Å²) >= 11 is 3.53. The minimum Gasteiger partial charge on any atom is -0.310 e. The molecule has 2 heterocycles. The van der Waals surface area contributed by atoms with E-state index in [-0.39, 0.29) is 0 Å². The molecule has 0 fully saturated rings. The van der Waals surface area contributed by atoms with E-state index in [1.54, 1.807) is 6.20 Å². The van der Waals surface area contributed by atoms with E-state index < -0.39 is 0 Å². The highest BCUT2D eigenvalue weighted by Gasteiger charge is 2.19. The van der Waals surface area contributed by atoms with Crippen LogP contribution in [0.25, 0.3) is 0 Å². The Labute approximate surface area is 131 Å². The maximum absolute atomic E-state index is 5.52. The average molecular weight is 344 g/mol. The van der Waals surface area contributed by atoms with Crippen LogP contribution in [0.2, 0.25) is 0 Å². The molecule has 0 amide bonds. The molecule has 5 nitrogen and oxygen atoms in total. The lowest BCUT2D eigenvalue weighted by Crippen LogP contribution is -2.32. The van der Waals surface area contributed by atoms with Crippen LogP contribution in [0.3, 0.4) is 0 Å². The smallest absolute Gasteiger partial charge is 0.138 e. The number of hydrogen-bond acceptors (Lipinski definition) is 5. The summed E-state index contributed by atoms with van der Waals surface area (Å²) in [5.74, 6) is 6.15. The SMILES string of the molecule is Cc1cc(Br)cc2c1N=C(NN)CN=C2c1ccccn1. The van der Waals surface area contributed by atoms with Gasteiger partial charge in [0.25, 0.3) is 0 Å². The lowest BCUT2D eigenvalue weighted by atomic mass is 10.0. The van der Waals surface area contributed by atoms with Gasteiger partial charge in [0.1, 0.15) is 5.84 Å². The summed E-state index contributed by atoms with van der Waals surface area (Å²) in [5, 5.41) is 0. The van der Waals surface area contributed by atoms with Crippen molar-refractivity contribution in [2.24, 2.45) is 15.8 Å². The highest BCUT2D eigenvalue weighted by molar-refractivity contribution is 9.10. The zero-order chi connectivity index (χ0) is 14.8. The predicted molar refractivity (Wildman–Crippen MR) is 88.0 cm³/mol. The second kappa shape index (κ2) is 5.75. The summed E-state index contributed by atoms with van der Waals surface area (Å²) in [6.45, 7) is 2.41. The van der Waals surface area contributed by atoms with Crippen LogP contribution in [0, 0.1) is 6.92 Å². The lowest BCUT2D eigenvalue weighted by molar-refractivity contribution is 0.991. The molecule has 0 radical (unpaired) electrons. The van der Waals surface area contributed by atoms with E-state index in [1.807, 2.05) is 37.3 Å². The van der Waals surface area contributed by atoms with Crippen molar-refractivity contribution in [3.63, 3.8) is 0 Å². The monoisotopic (exact) mass is 343 g/mol. The first-order chi connectivity index (χ1) is 10.2. The van der Waals surface area contributed by atoms with Crippen molar-refractivity contribution < 1.29 is 0 Å². The van der Waals surface area contributed by atoms with Gasteiger partial charge >= 0.3 is 0 Å². The van der Waals surface area contributed by atoms with Gasteiger partial charge in [0.15, 0.2) is 0 Å². The maximum atomic E-state index is 5.52. The molecular weight excluding hydrogens is 330 g/mol. The van der Waals surface area contributed by atoms with Gasteiger partial charge < -0.3 is 5.43 Å². The first-order valence-electron chi connectivity index (χ1n) is 6.49. The molecule has 1 aliphatic heterocycles. The zero-order valence-corrected chi connectivity index (χ0v) is 13.1. The second-order valence-electron chi connectivity index (χ2n) is 4.70. The van der Waals surface area contributed by atoms with E-state index in [9.17, 15) is 0 Å². The van der Waals surface area contributed by atoms with Crippen molar-refractivity contribution in [2.45, 2.75) is 6.92 Å². The van der Waals surface area contributed by atoms with Crippen molar-refractivity contribution in [1.82, 2.24) is 10.4 Å². The Hall–Kier alpha value is -2.05. The Morgan fingerprint density at radius 1 is 1.29 bits per heavy atom. The zero-order valence-electron chi connectivity index (χ0n) is 11.5. The molecule has 106 valence electrons. The fraction of sp³-hybridized carbons (Fsp3) is 0.133. The quantitative estimate of drug-likeness (QED) is 0.617. The van der Waals surface area contributed by atoms with E-state index in [2.05, 4.69) is 36.3 Å². The van der Waals surface area contributed by atoms with Gasteiger partial charge in [-0.1, -0.05) is 22.0 Å². The normalized spacial score (nSPS) is 13.9. The number of aliphatic imine (C=N–C) groups is 2. The Morgan fingerprint density at radius 3 is 2.86 bits per heavy atom. The number of hydrazine groups is 1. The summed E-state index contributed by atoms with van der Waals surface area (Å²) in [6.07, 6.45) is 1.76.